The Bertz CT molecular complexity index is 1360. The molecule has 0 spiro atoms. The van der Waals surface area contributed by atoms with E-state index in [2.05, 4.69) is 37.2 Å². The Balaban J connectivity index is 1.15. The number of amides is 1. The van der Waals surface area contributed by atoms with Crippen molar-refractivity contribution in [2.24, 2.45) is 0 Å². The van der Waals surface area contributed by atoms with Gasteiger partial charge in [0.1, 0.15) is 13.2 Å². The summed E-state index contributed by atoms with van der Waals surface area (Å²) in [5, 5.41) is 13.9. The van der Waals surface area contributed by atoms with Gasteiger partial charge in [-0.2, -0.15) is 0 Å². The molecule has 0 saturated heterocycles. The van der Waals surface area contributed by atoms with Crippen LogP contribution in [0.15, 0.2) is 53.8 Å². The molecule has 0 bridgehead atoms. The van der Waals surface area contributed by atoms with E-state index in [-0.39, 0.29) is 17.7 Å². The average Bonchev–Trinajstić information content (AvgIpc) is 3.47. The summed E-state index contributed by atoms with van der Waals surface area (Å²) in [6, 6.07) is 14.2. The van der Waals surface area contributed by atoms with Crippen molar-refractivity contribution in [1.82, 2.24) is 25.1 Å². The molecule has 34 heavy (non-hydrogen) atoms. The molecule has 1 fully saturated rings. The summed E-state index contributed by atoms with van der Waals surface area (Å²) < 4.78 is 13.4. The van der Waals surface area contributed by atoms with E-state index in [1.807, 2.05) is 43.5 Å². The van der Waals surface area contributed by atoms with Gasteiger partial charge in [0.2, 0.25) is 5.91 Å². The van der Waals surface area contributed by atoms with Crippen molar-refractivity contribution in [2.75, 3.05) is 19.0 Å². The second-order valence-corrected chi connectivity index (χ2v) is 9.58. The number of rotatable bonds is 7. The van der Waals surface area contributed by atoms with Crippen LogP contribution in [-0.4, -0.2) is 44.6 Å². The number of hydrogen-bond acceptors (Lipinski definition) is 6. The molecule has 6 rings (SSSR count). The van der Waals surface area contributed by atoms with Crippen molar-refractivity contribution in [3.05, 3.63) is 54.2 Å². The van der Waals surface area contributed by atoms with Gasteiger partial charge in [-0.3, -0.25) is 9.36 Å². The van der Waals surface area contributed by atoms with Crippen molar-refractivity contribution in [3.8, 4) is 22.9 Å². The molecular weight excluding hydrogens is 450 g/mol. The molecule has 2 aromatic heterocycles. The third kappa shape index (κ3) is 4.00. The van der Waals surface area contributed by atoms with Crippen LogP contribution in [-0.2, 0) is 4.79 Å². The third-order valence-corrected chi connectivity index (χ3v) is 7.13. The smallest absolute Gasteiger partial charge is 0.230 e. The number of hydrogen-bond donors (Lipinski definition) is 2. The highest BCUT2D eigenvalue weighted by molar-refractivity contribution is 7.99. The van der Waals surface area contributed by atoms with Crippen molar-refractivity contribution in [3.63, 3.8) is 0 Å². The summed E-state index contributed by atoms with van der Waals surface area (Å²) in [7, 11) is 0. The minimum absolute atomic E-state index is 0.0496. The molecule has 2 aromatic carbocycles. The number of carbonyl (C=O) groups excluding carboxylic acids is 1. The molecular formula is C25H25N5O3S. The van der Waals surface area contributed by atoms with Gasteiger partial charge in [-0.05, 0) is 43.5 Å². The van der Waals surface area contributed by atoms with Crippen LogP contribution in [0.2, 0.25) is 0 Å². The predicted molar refractivity (Wildman–Crippen MR) is 130 cm³/mol. The number of aromatic nitrogens is 4. The fourth-order valence-corrected chi connectivity index (χ4v) is 5.12. The maximum atomic E-state index is 12.7. The minimum atomic E-state index is -0.146. The second kappa shape index (κ2) is 8.72. The van der Waals surface area contributed by atoms with Crippen LogP contribution in [0.1, 0.15) is 37.4 Å². The maximum Gasteiger partial charge on any atom is 0.230 e. The van der Waals surface area contributed by atoms with Crippen LogP contribution in [0, 0.1) is 0 Å². The van der Waals surface area contributed by atoms with Crippen molar-refractivity contribution < 1.29 is 14.3 Å². The predicted octanol–water partition coefficient (Wildman–Crippen LogP) is 4.50. The van der Waals surface area contributed by atoms with Gasteiger partial charge in [0.05, 0.1) is 11.8 Å². The number of nitrogens with one attached hydrogen (secondary N) is 2. The van der Waals surface area contributed by atoms with Crippen molar-refractivity contribution >= 4 is 28.6 Å². The Labute approximate surface area is 201 Å². The van der Waals surface area contributed by atoms with Gasteiger partial charge >= 0.3 is 0 Å². The van der Waals surface area contributed by atoms with Gasteiger partial charge in [-0.15, -0.1) is 10.2 Å². The molecule has 9 heteroatoms. The molecule has 2 aliphatic rings. The zero-order chi connectivity index (χ0) is 23.1. The first-order chi connectivity index (χ1) is 16.7. The van der Waals surface area contributed by atoms with E-state index in [4.69, 9.17) is 9.47 Å². The Morgan fingerprint density at radius 2 is 2.00 bits per heavy atom. The average molecular weight is 476 g/mol. The SMILES string of the molecule is CC(NC(=O)CSc1nnc(-c2c[nH]c3ccccc23)n1C1CC1)c1ccc2c(c1)OCCO2. The van der Waals surface area contributed by atoms with Gasteiger partial charge in [0.25, 0.3) is 0 Å². The molecule has 3 heterocycles. The zero-order valence-electron chi connectivity index (χ0n) is 18.8. The fraction of sp³-hybridized carbons (Fsp3) is 0.320. The first-order valence-corrected chi connectivity index (χ1v) is 12.5. The summed E-state index contributed by atoms with van der Waals surface area (Å²) in [6.07, 6.45) is 4.20. The van der Waals surface area contributed by atoms with Crippen LogP contribution in [0.3, 0.4) is 0 Å². The molecule has 1 unspecified atom stereocenters. The van der Waals surface area contributed by atoms with Gasteiger partial charge in [-0.1, -0.05) is 36.0 Å². The van der Waals surface area contributed by atoms with E-state index in [1.54, 1.807) is 0 Å². The Morgan fingerprint density at radius 1 is 1.18 bits per heavy atom. The number of nitrogens with zero attached hydrogens (tertiary/aromatic N) is 3. The molecule has 0 radical (unpaired) electrons. The Morgan fingerprint density at radius 3 is 2.85 bits per heavy atom. The van der Waals surface area contributed by atoms with Crippen molar-refractivity contribution in [2.45, 2.75) is 37.0 Å². The number of para-hydroxylation sites is 1. The summed E-state index contributed by atoms with van der Waals surface area (Å²) in [5.41, 5.74) is 3.09. The van der Waals surface area contributed by atoms with E-state index in [0.29, 0.717) is 19.3 Å². The summed E-state index contributed by atoms with van der Waals surface area (Å²) in [4.78, 5) is 16.1. The second-order valence-electron chi connectivity index (χ2n) is 8.64. The highest BCUT2D eigenvalue weighted by atomic mass is 32.2. The summed E-state index contributed by atoms with van der Waals surface area (Å²) in [6.45, 7) is 3.06. The first-order valence-electron chi connectivity index (χ1n) is 11.5. The standard InChI is InChI=1S/C25H25N5O3S/c1-15(16-6-9-21-22(12-16)33-11-10-32-21)27-23(31)14-34-25-29-28-24(30(25)17-7-8-17)19-13-26-20-5-3-2-4-18(19)20/h2-6,9,12-13,15,17,26H,7-8,10-11,14H2,1H3,(H,27,31). The zero-order valence-corrected chi connectivity index (χ0v) is 19.6. The van der Waals surface area contributed by atoms with Crippen LogP contribution in [0.4, 0.5) is 0 Å². The highest BCUT2D eigenvalue weighted by Crippen LogP contribution is 2.42. The molecule has 1 saturated carbocycles. The van der Waals surface area contributed by atoms with E-state index >= 15 is 0 Å². The molecule has 8 nitrogen and oxygen atoms in total. The lowest BCUT2D eigenvalue weighted by atomic mass is 10.1. The fourth-order valence-electron chi connectivity index (χ4n) is 4.30. The number of H-pyrrole nitrogens is 1. The van der Waals surface area contributed by atoms with Gasteiger partial charge in [0, 0.05) is 28.7 Å². The molecule has 1 amide bonds. The molecule has 2 N–H and O–H groups in total. The lowest BCUT2D eigenvalue weighted by Gasteiger charge is -2.21. The largest absolute Gasteiger partial charge is 0.486 e. The van der Waals surface area contributed by atoms with E-state index in [1.165, 1.54) is 11.8 Å². The van der Waals surface area contributed by atoms with Crippen molar-refractivity contribution in [1.29, 1.82) is 0 Å². The molecule has 174 valence electrons. The lowest BCUT2D eigenvalue weighted by molar-refractivity contribution is -0.119. The first kappa shape index (κ1) is 21.1. The number of carbonyl (C=O) groups is 1. The number of ether oxygens (including phenoxy) is 2. The number of benzene rings is 2. The van der Waals surface area contributed by atoms with Gasteiger partial charge < -0.3 is 19.8 Å². The third-order valence-electron chi connectivity index (χ3n) is 6.18. The van der Waals surface area contributed by atoms with Crippen LogP contribution < -0.4 is 14.8 Å². The van der Waals surface area contributed by atoms with Crippen LogP contribution >= 0.6 is 11.8 Å². The summed E-state index contributed by atoms with van der Waals surface area (Å²) in [5.74, 6) is 2.54. The van der Waals surface area contributed by atoms with Crippen LogP contribution in [0.5, 0.6) is 11.5 Å². The molecule has 1 aliphatic heterocycles. The van der Waals surface area contributed by atoms with E-state index in [9.17, 15) is 4.79 Å². The number of aromatic amines is 1. The normalized spacial score (nSPS) is 15.9. The number of fused-ring (bicyclic) bond motifs is 2. The maximum absolute atomic E-state index is 12.7. The van der Waals surface area contributed by atoms with E-state index in [0.717, 1.165) is 57.4 Å². The molecule has 1 aliphatic carbocycles. The number of thioether (sulfide) groups is 1. The van der Waals surface area contributed by atoms with Gasteiger partial charge in [0.15, 0.2) is 22.5 Å². The quantitative estimate of drug-likeness (QED) is 0.382. The lowest BCUT2D eigenvalue weighted by Crippen LogP contribution is -2.28. The minimum Gasteiger partial charge on any atom is -0.486 e. The molecule has 4 aromatic rings. The Kier molecular flexibility index (Phi) is 5.41. The Hall–Kier alpha value is -3.46. The summed E-state index contributed by atoms with van der Waals surface area (Å²) >= 11 is 1.43. The topological polar surface area (TPSA) is 94.1 Å². The van der Waals surface area contributed by atoms with Crippen LogP contribution in [0.25, 0.3) is 22.3 Å². The molecule has 1 atom stereocenters. The highest BCUT2D eigenvalue weighted by Gasteiger charge is 2.31. The van der Waals surface area contributed by atoms with E-state index < -0.39 is 0 Å². The van der Waals surface area contributed by atoms with Gasteiger partial charge in [-0.25, -0.2) is 0 Å². The monoisotopic (exact) mass is 475 g/mol.